The van der Waals surface area contributed by atoms with Crippen molar-refractivity contribution in [3.63, 3.8) is 0 Å². The number of aryl methyl sites for hydroxylation is 4. The molecule has 24 heavy (non-hydrogen) atoms. The third-order valence-corrected chi connectivity index (χ3v) is 4.42. The summed E-state index contributed by atoms with van der Waals surface area (Å²) < 4.78 is 5.54. The first-order valence-electron chi connectivity index (χ1n) is 8.17. The van der Waals surface area contributed by atoms with E-state index < -0.39 is 0 Å². The molecule has 0 saturated heterocycles. The molecule has 0 bridgehead atoms. The maximum absolute atomic E-state index is 11.9. The Kier molecular flexibility index (Phi) is 6.68. The fourth-order valence-electron chi connectivity index (χ4n) is 2.58. The Morgan fingerprint density at radius 1 is 1.12 bits per heavy atom. The number of nitrogens with one attached hydrogen (secondary N) is 1. The quantitative estimate of drug-likeness (QED) is 0.756. The van der Waals surface area contributed by atoms with Gasteiger partial charge in [0.2, 0.25) is 0 Å². The zero-order chi connectivity index (χ0) is 17.5. The van der Waals surface area contributed by atoms with Gasteiger partial charge in [-0.2, -0.15) is 0 Å². The van der Waals surface area contributed by atoms with Crippen LogP contribution in [0.15, 0.2) is 36.4 Å². The topological polar surface area (TPSA) is 38.3 Å². The van der Waals surface area contributed by atoms with Crippen LogP contribution in [-0.2, 0) is 11.2 Å². The van der Waals surface area contributed by atoms with Gasteiger partial charge in [0.05, 0.1) is 0 Å². The molecule has 0 aliphatic carbocycles. The van der Waals surface area contributed by atoms with Crippen molar-refractivity contribution in [1.82, 2.24) is 5.32 Å². The van der Waals surface area contributed by atoms with E-state index in [0.717, 1.165) is 29.0 Å². The molecule has 0 aromatic heterocycles. The lowest BCUT2D eigenvalue weighted by Gasteiger charge is -2.10. The van der Waals surface area contributed by atoms with Gasteiger partial charge in [0.1, 0.15) is 5.75 Å². The van der Waals surface area contributed by atoms with E-state index in [1.807, 2.05) is 26.0 Å². The van der Waals surface area contributed by atoms with Crippen LogP contribution in [0.3, 0.4) is 0 Å². The van der Waals surface area contributed by atoms with E-state index in [2.05, 4.69) is 36.5 Å². The smallest absolute Gasteiger partial charge is 0.257 e. The number of benzene rings is 2. The molecule has 128 valence electrons. The van der Waals surface area contributed by atoms with E-state index >= 15 is 0 Å². The number of hydrogen-bond donors (Lipinski definition) is 1. The second-order valence-electron chi connectivity index (χ2n) is 6.10. The molecule has 0 unspecified atom stereocenters. The maximum Gasteiger partial charge on any atom is 0.257 e. The fraction of sp³-hybridized carbons (Fsp3) is 0.350. The minimum absolute atomic E-state index is 0.0188. The molecule has 0 radical (unpaired) electrons. The van der Waals surface area contributed by atoms with E-state index in [1.54, 1.807) is 0 Å². The Labute approximate surface area is 149 Å². The summed E-state index contributed by atoms with van der Waals surface area (Å²) in [4.78, 5) is 11.9. The minimum Gasteiger partial charge on any atom is -0.484 e. The van der Waals surface area contributed by atoms with Crippen molar-refractivity contribution in [1.29, 1.82) is 0 Å². The number of carbonyl (C=O) groups is 1. The summed E-state index contributed by atoms with van der Waals surface area (Å²) in [6, 6.07) is 12.1. The molecule has 0 atom stereocenters. The highest BCUT2D eigenvalue weighted by Gasteiger charge is 2.06. The predicted molar refractivity (Wildman–Crippen MR) is 98.9 cm³/mol. The number of ether oxygens (including phenoxy) is 1. The Morgan fingerprint density at radius 2 is 1.83 bits per heavy atom. The molecule has 1 N–H and O–H groups in total. The minimum atomic E-state index is -0.107. The first-order valence-corrected chi connectivity index (χ1v) is 8.55. The summed E-state index contributed by atoms with van der Waals surface area (Å²) in [5.74, 6) is 0.564. The number of rotatable bonds is 7. The monoisotopic (exact) mass is 345 g/mol. The molecule has 0 heterocycles. The average Bonchev–Trinajstić information content (AvgIpc) is 2.54. The van der Waals surface area contributed by atoms with Crippen molar-refractivity contribution in [2.75, 3.05) is 13.2 Å². The van der Waals surface area contributed by atoms with E-state index in [9.17, 15) is 4.79 Å². The lowest BCUT2D eigenvalue weighted by molar-refractivity contribution is -0.123. The molecule has 0 spiro atoms. The van der Waals surface area contributed by atoms with E-state index in [4.69, 9.17) is 16.3 Å². The molecule has 4 heteroatoms. The second-order valence-corrected chi connectivity index (χ2v) is 6.48. The largest absolute Gasteiger partial charge is 0.484 e. The van der Waals surface area contributed by atoms with Gasteiger partial charge in [0, 0.05) is 11.6 Å². The van der Waals surface area contributed by atoms with Crippen LogP contribution in [0.1, 0.15) is 28.7 Å². The SMILES string of the molecule is Cc1cccc(CCCNC(=O)COc2cc(C)c(Cl)c(C)c2)c1. The first kappa shape index (κ1) is 18.3. The van der Waals surface area contributed by atoms with Gasteiger partial charge in [-0.3, -0.25) is 4.79 Å². The van der Waals surface area contributed by atoms with Crippen LogP contribution in [0.4, 0.5) is 0 Å². The van der Waals surface area contributed by atoms with Gasteiger partial charge >= 0.3 is 0 Å². The summed E-state index contributed by atoms with van der Waals surface area (Å²) in [6.45, 7) is 6.60. The van der Waals surface area contributed by atoms with Crippen LogP contribution in [0, 0.1) is 20.8 Å². The van der Waals surface area contributed by atoms with Crippen LogP contribution in [-0.4, -0.2) is 19.1 Å². The fourth-order valence-corrected chi connectivity index (χ4v) is 2.69. The molecule has 3 nitrogen and oxygen atoms in total. The lowest BCUT2D eigenvalue weighted by atomic mass is 10.1. The van der Waals surface area contributed by atoms with Crippen LogP contribution < -0.4 is 10.1 Å². The van der Waals surface area contributed by atoms with Gasteiger partial charge in [-0.05, 0) is 62.4 Å². The highest BCUT2D eigenvalue weighted by Crippen LogP contribution is 2.25. The normalized spacial score (nSPS) is 10.5. The maximum atomic E-state index is 11.9. The molecule has 2 aromatic rings. The molecular weight excluding hydrogens is 322 g/mol. The van der Waals surface area contributed by atoms with Crippen LogP contribution in [0.25, 0.3) is 0 Å². The summed E-state index contributed by atoms with van der Waals surface area (Å²) in [6.07, 6.45) is 1.87. The molecule has 0 saturated carbocycles. The Morgan fingerprint density at radius 3 is 2.50 bits per heavy atom. The highest BCUT2D eigenvalue weighted by atomic mass is 35.5. The Bertz CT molecular complexity index is 690. The summed E-state index contributed by atoms with van der Waals surface area (Å²) in [5.41, 5.74) is 4.46. The third kappa shape index (κ3) is 5.57. The van der Waals surface area contributed by atoms with Crippen LogP contribution >= 0.6 is 11.6 Å². The van der Waals surface area contributed by atoms with E-state index in [1.165, 1.54) is 11.1 Å². The predicted octanol–water partition coefficient (Wildman–Crippen LogP) is 4.39. The average molecular weight is 346 g/mol. The molecule has 1 amide bonds. The van der Waals surface area contributed by atoms with Crippen molar-refractivity contribution < 1.29 is 9.53 Å². The van der Waals surface area contributed by atoms with Gasteiger partial charge in [-0.25, -0.2) is 0 Å². The van der Waals surface area contributed by atoms with Crippen molar-refractivity contribution in [2.24, 2.45) is 0 Å². The van der Waals surface area contributed by atoms with Crippen molar-refractivity contribution >= 4 is 17.5 Å². The Hall–Kier alpha value is -2.00. The molecular formula is C20H24ClNO2. The van der Waals surface area contributed by atoms with Gasteiger partial charge in [-0.15, -0.1) is 0 Å². The highest BCUT2D eigenvalue weighted by molar-refractivity contribution is 6.32. The molecule has 0 fully saturated rings. The summed E-state index contributed by atoms with van der Waals surface area (Å²) >= 11 is 6.12. The number of hydrogen-bond acceptors (Lipinski definition) is 2. The van der Waals surface area contributed by atoms with Crippen LogP contribution in [0.2, 0.25) is 5.02 Å². The Balaban J connectivity index is 1.70. The third-order valence-electron chi connectivity index (χ3n) is 3.83. The zero-order valence-corrected chi connectivity index (χ0v) is 15.2. The standard InChI is InChI=1S/C20H24ClNO2/c1-14-6-4-7-17(10-14)8-5-9-22-19(23)13-24-18-11-15(2)20(21)16(3)12-18/h4,6-7,10-12H,5,8-9,13H2,1-3H3,(H,22,23). The molecule has 0 aliphatic rings. The second kappa shape index (κ2) is 8.74. The van der Waals surface area contributed by atoms with Crippen LogP contribution in [0.5, 0.6) is 5.75 Å². The van der Waals surface area contributed by atoms with Crippen molar-refractivity contribution in [2.45, 2.75) is 33.6 Å². The number of carbonyl (C=O) groups excluding carboxylic acids is 1. The van der Waals surface area contributed by atoms with Gasteiger partial charge in [0.15, 0.2) is 6.61 Å². The first-order chi connectivity index (χ1) is 11.5. The number of amides is 1. The van der Waals surface area contributed by atoms with Gasteiger partial charge < -0.3 is 10.1 Å². The van der Waals surface area contributed by atoms with Crippen molar-refractivity contribution in [3.05, 3.63) is 63.7 Å². The molecule has 0 aliphatic heterocycles. The van der Waals surface area contributed by atoms with Crippen molar-refractivity contribution in [3.8, 4) is 5.75 Å². The van der Waals surface area contributed by atoms with E-state index in [0.29, 0.717) is 12.3 Å². The molecule has 2 aromatic carbocycles. The molecule has 2 rings (SSSR count). The van der Waals surface area contributed by atoms with Gasteiger partial charge in [0.25, 0.3) is 5.91 Å². The van der Waals surface area contributed by atoms with Gasteiger partial charge in [-0.1, -0.05) is 41.4 Å². The van der Waals surface area contributed by atoms with E-state index in [-0.39, 0.29) is 12.5 Å². The lowest BCUT2D eigenvalue weighted by Crippen LogP contribution is -2.29. The summed E-state index contributed by atoms with van der Waals surface area (Å²) in [5, 5.41) is 3.63. The summed E-state index contributed by atoms with van der Waals surface area (Å²) in [7, 11) is 0. The number of halogens is 1. The zero-order valence-electron chi connectivity index (χ0n) is 14.5.